The number of amides is 3. The van der Waals surface area contributed by atoms with Gasteiger partial charge in [0.05, 0.1) is 12.2 Å². The number of hydrogen-bond donors (Lipinski definition) is 2. The molecular weight excluding hydrogens is 306 g/mol. The van der Waals surface area contributed by atoms with E-state index in [9.17, 15) is 9.59 Å². The number of carbonyl (C=O) groups excluding carboxylic acids is 2. The summed E-state index contributed by atoms with van der Waals surface area (Å²) in [6.07, 6.45) is 0.952. The lowest BCUT2D eigenvalue weighted by molar-refractivity contribution is -0.0530. The quantitative estimate of drug-likeness (QED) is 0.890. The van der Waals surface area contributed by atoms with Crippen LogP contribution in [0.2, 0.25) is 0 Å². The predicted octanol–water partition coefficient (Wildman–Crippen LogP) is 2.86. The van der Waals surface area contributed by atoms with E-state index in [1.165, 1.54) is 0 Å². The van der Waals surface area contributed by atoms with Gasteiger partial charge in [-0.3, -0.25) is 4.79 Å². The van der Waals surface area contributed by atoms with Crippen molar-refractivity contribution in [2.24, 2.45) is 0 Å². The standard InChI is InChI=1S/C18H27N3O3/c1-5-12(2)19-17(22)15-6-8-16(9-7-15)20-18(23)21-10-13(3)24-14(4)11-21/h6-9,12-14H,5,10-11H2,1-4H3,(H,19,22)(H,20,23)/t12-,13-,14+/m1/s1. The number of carbonyl (C=O) groups is 2. The third-order valence-electron chi connectivity index (χ3n) is 4.10. The third kappa shape index (κ3) is 4.96. The van der Waals surface area contributed by atoms with Gasteiger partial charge in [-0.05, 0) is 51.5 Å². The Morgan fingerprint density at radius 1 is 1.21 bits per heavy atom. The van der Waals surface area contributed by atoms with Crippen molar-refractivity contribution in [2.45, 2.75) is 52.4 Å². The van der Waals surface area contributed by atoms with E-state index in [-0.39, 0.29) is 30.2 Å². The van der Waals surface area contributed by atoms with Gasteiger partial charge < -0.3 is 20.3 Å². The molecule has 0 bridgehead atoms. The molecule has 0 radical (unpaired) electrons. The van der Waals surface area contributed by atoms with E-state index in [0.717, 1.165) is 6.42 Å². The second-order valence-electron chi connectivity index (χ2n) is 6.45. The number of morpholine rings is 1. The van der Waals surface area contributed by atoms with E-state index in [1.54, 1.807) is 29.2 Å². The Kier molecular flexibility index (Phi) is 6.20. The normalized spacial score (nSPS) is 21.9. The number of anilines is 1. The fraction of sp³-hybridized carbons (Fsp3) is 0.556. The molecule has 1 saturated heterocycles. The molecule has 24 heavy (non-hydrogen) atoms. The minimum atomic E-state index is -0.145. The van der Waals surface area contributed by atoms with Crippen LogP contribution in [0.25, 0.3) is 0 Å². The highest BCUT2D eigenvalue weighted by molar-refractivity contribution is 5.95. The topological polar surface area (TPSA) is 70.7 Å². The lowest BCUT2D eigenvalue weighted by Crippen LogP contribution is -2.49. The lowest BCUT2D eigenvalue weighted by Gasteiger charge is -2.35. The number of urea groups is 1. The molecule has 1 aromatic carbocycles. The summed E-state index contributed by atoms with van der Waals surface area (Å²) in [5.74, 6) is -0.0990. The molecule has 2 rings (SSSR count). The van der Waals surface area contributed by atoms with Crippen LogP contribution in [0.1, 0.15) is 44.5 Å². The summed E-state index contributed by atoms with van der Waals surface area (Å²) in [7, 11) is 0. The molecule has 1 aliphatic heterocycles. The molecule has 0 aliphatic carbocycles. The summed E-state index contributed by atoms with van der Waals surface area (Å²) in [6, 6.07) is 6.93. The Hall–Kier alpha value is -2.08. The van der Waals surface area contributed by atoms with E-state index in [1.807, 2.05) is 27.7 Å². The van der Waals surface area contributed by atoms with Crippen molar-refractivity contribution in [1.82, 2.24) is 10.2 Å². The van der Waals surface area contributed by atoms with Crippen LogP contribution in [0.5, 0.6) is 0 Å². The zero-order chi connectivity index (χ0) is 17.7. The SMILES string of the molecule is CC[C@@H](C)NC(=O)c1ccc(NC(=O)N2C[C@@H](C)O[C@@H](C)C2)cc1. The summed E-state index contributed by atoms with van der Waals surface area (Å²) in [6.45, 7) is 9.06. The fourth-order valence-electron chi connectivity index (χ4n) is 2.66. The van der Waals surface area contributed by atoms with Crippen molar-refractivity contribution in [3.8, 4) is 0 Å². The molecule has 0 unspecified atom stereocenters. The van der Waals surface area contributed by atoms with Crippen molar-refractivity contribution >= 4 is 17.6 Å². The zero-order valence-corrected chi connectivity index (χ0v) is 14.8. The van der Waals surface area contributed by atoms with Gasteiger partial charge in [0.25, 0.3) is 5.91 Å². The highest BCUT2D eigenvalue weighted by Crippen LogP contribution is 2.14. The van der Waals surface area contributed by atoms with Crippen LogP contribution in [-0.2, 0) is 4.74 Å². The minimum absolute atomic E-state index is 0.0335. The molecule has 1 aliphatic rings. The third-order valence-corrected chi connectivity index (χ3v) is 4.10. The Morgan fingerprint density at radius 2 is 1.79 bits per heavy atom. The Bertz CT molecular complexity index is 563. The predicted molar refractivity (Wildman–Crippen MR) is 94.3 cm³/mol. The Labute approximate surface area is 143 Å². The molecule has 3 atom stereocenters. The van der Waals surface area contributed by atoms with Crippen LogP contribution in [0, 0.1) is 0 Å². The van der Waals surface area contributed by atoms with Crippen molar-refractivity contribution in [2.75, 3.05) is 18.4 Å². The van der Waals surface area contributed by atoms with E-state index in [4.69, 9.17) is 4.74 Å². The van der Waals surface area contributed by atoms with Crippen LogP contribution >= 0.6 is 0 Å². The molecule has 1 fully saturated rings. The number of rotatable bonds is 4. The number of nitrogens with one attached hydrogen (secondary N) is 2. The molecule has 0 spiro atoms. The number of ether oxygens (including phenoxy) is 1. The highest BCUT2D eigenvalue weighted by Gasteiger charge is 2.25. The van der Waals surface area contributed by atoms with Crippen molar-refractivity contribution in [3.05, 3.63) is 29.8 Å². The highest BCUT2D eigenvalue weighted by atomic mass is 16.5. The summed E-state index contributed by atoms with van der Waals surface area (Å²) >= 11 is 0. The van der Waals surface area contributed by atoms with Crippen molar-refractivity contribution in [1.29, 1.82) is 0 Å². The summed E-state index contributed by atoms with van der Waals surface area (Å²) in [5.41, 5.74) is 1.26. The number of hydrogen-bond acceptors (Lipinski definition) is 3. The van der Waals surface area contributed by atoms with Gasteiger partial charge in [-0.1, -0.05) is 6.92 Å². The van der Waals surface area contributed by atoms with Gasteiger partial charge in [0.2, 0.25) is 0 Å². The summed E-state index contributed by atoms with van der Waals surface area (Å²) in [5, 5.41) is 5.79. The summed E-state index contributed by atoms with van der Waals surface area (Å²) in [4.78, 5) is 26.1. The monoisotopic (exact) mass is 333 g/mol. The zero-order valence-electron chi connectivity index (χ0n) is 14.8. The molecular formula is C18H27N3O3. The van der Waals surface area contributed by atoms with E-state index < -0.39 is 0 Å². The first-order valence-electron chi connectivity index (χ1n) is 8.51. The van der Waals surface area contributed by atoms with Gasteiger partial charge in [-0.2, -0.15) is 0 Å². The van der Waals surface area contributed by atoms with Crippen LogP contribution in [0.4, 0.5) is 10.5 Å². The molecule has 1 aromatic rings. The lowest BCUT2D eigenvalue weighted by atomic mass is 10.1. The van der Waals surface area contributed by atoms with Crippen LogP contribution < -0.4 is 10.6 Å². The molecule has 2 N–H and O–H groups in total. The molecule has 0 aromatic heterocycles. The fourth-order valence-corrected chi connectivity index (χ4v) is 2.66. The summed E-state index contributed by atoms with van der Waals surface area (Å²) < 4.78 is 5.63. The van der Waals surface area contributed by atoms with E-state index >= 15 is 0 Å². The van der Waals surface area contributed by atoms with Gasteiger partial charge >= 0.3 is 6.03 Å². The average Bonchev–Trinajstić information content (AvgIpc) is 2.54. The first-order chi connectivity index (χ1) is 11.4. The van der Waals surface area contributed by atoms with Gasteiger partial charge in [0.15, 0.2) is 0 Å². The van der Waals surface area contributed by atoms with Crippen LogP contribution in [0.3, 0.4) is 0 Å². The van der Waals surface area contributed by atoms with Crippen LogP contribution in [0.15, 0.2) is 24.3 Å². The van der Waals surface area contributed by atoms with Crippen LogP contribution in [-0.4, -0.2) is 48.2 Å². The smallest absolute Gasteiger partial charge is 0.322 e. The van der Waals surface area contributed by atoms with Gasteiger partial charge in [-0.25, -0.2) is 4.79 Å². The maximum absolute atomic E-state index is 12.3. The molecule has 6 heteroatoms. The van der Waals surface area contributed by atoms with Crippen molar-refractivity contribution < 1.29 is 14.3 Å². The molecule has 0 saturated carbocycles. The Morgan fingerprint density at radius 3 is 2.33 bits per heavy atom. The number of nitrogens with zero attached hydrogens (tertiary/aromatic N) is 1. The molecule has 3 amide bonds. The van der Waals surface area contributed by atoms with Gasteiger partial charge in [0.1, 0.15) is 0 Å². The van der Waals surface area contributed by atoms with E-state index in [0.29, 0.717) is 24.3 Å². The first-order valence-corrected chi connectivity index (χ1v) is 8.51. The minimum Gasteiger partial charge on any atom is -0.372 e. The average molecular weight is 333 g/mol. The first kappa shape index (κ1) is 18.3. The number of benzene rings is 1. The second kappa shape index (κ2) is 8.15. The maximum Gasteiger partial charge on any atom is 0.322 e. The largest absolute Gasteiger partial charge is 0.372 e. The molecule has 1 heterocycles. The van der Waals surface area contributed by atoms with E-state index in [2.05, 4.69) is 10.6 Å². The molecule has 132 valence electrons. The van der Waals surface area contributed by atoms with Crippen molar-refractivity contribution in [3.63, 3.8) is 0 Å². The second-order valence-corrected chi connectivity index (χ2v) is 6.45. The maximum atomic E-state index is 12.3. The van der Waals surface area contributed by atoms with Gasteiger partial charge in [-0.15, -0.1) is 0 Å². The Balaban J connectivity index is 1.93. The van der Waals surface area contributed by atoms with Gasteiger partial charge in [0, 0.05) is 30.4 Å². The molecule has 6 nitrogen and oxygen atoms in total.